The standard InChI is InChI=1S/C15H11F5O3S/c1-21-6-4-7(22-2)14(8(5-6)23-3)24-15-12(19)10(17)9(16)11(18)13(15)20/h4-5H,1-3H3. The fourth-order valence-electron chi connectivity index (χ4n) is 1.85. The van der Waals surface area contributed by atoms with Gasteiger partial charge in [-0.3, -0.25) is 0 Å². The summed E-state index contributed by atoms with van der Waals surface area (Å²) < 4.78 is 82.7. The van der Waals surface area contributed by atoms with E-state index in [2.05, 4.69) is 0 Å². The zero-order chi connectivity index (χ0) is 18.0. The molecule has 0 spiro atoms. The maximum Gasteiger partial charge on any atom is 0.200 e. The van der Waals surface area contributed by atoms with E-state index in [1.54, 1.807) is 0 Å². The van der Waals surface area contributed by atoms with Crippen molar-refractivity contribution in [1.29, 1.82) is 0 Å². The summed E-state index contributed by atoms with van der Waals surface area (Å²) in [7, 11) is 3.93. The minimum atomic E-state index is -2.22. The van der Waals surface area contributed by atoms with Crippen molar-refractivity contribution in [2.45, 2.75) is 9.79 Å². The fourth-order valence-corrected chi connectivity index (χ4v) is 2.90. The fraction of sp³-hybridized carbons (Fsp3) is 0.200. The van der Waals surface area contributed by atoms with Crippen LogP contribution in [0.4, 0.5) is 22.0 Å². The van der Waals surface area contributed by atoms with Gasteiger partial charge < -0.3 is 14.2 Å². The molecule has 130 valence electrons. The van der Waals surface area contributed by atoms with E-state index >= 15 is 0 Å². The Balaban J connectivity index is 2.64. The molecule has 0 amide bonds. The van der Waals surface area contributed by atoms with Gasteiger partial charge >= 0.3 is 0 Å². The lowest BCUT2D eigenvalue weighted by molar-refractivity contribution is 0.357. The van der Waals surface area contributed by atoms with Gasteiger partial charge in [0.25, 0.3) is 0 Å². The molecule has 2 aromatic carbocycles. The van der Waals surface area contributed by atoms with Crippen molar-refractivity contribution in [3.8, 4) is 17.2 Å². The molecule has 9 heteroatoms. The third-order valence-electron chi connectivity index (χ3n) is 3.04. The number of halogens is 5. The zero-order valence-electron chi connectivity index (χ0n) is 12.7. The highest BCUT2D eigenvalue weighted by molar-refractivity contribution is 7.99. The van der Waals surface area contributed by atoms with Gasteiger partial charge in [0.1, 0.15) is 17.2 Å². The quantitative estimate of drug-likeness (QED) is 0.441. The van der Waals surface area contributed by atoms with Crippen molar-refractivity contribution < 1.29 is 36.2 Å². The summed E-state index contributed by atoms with van der Waals surface area (Å²) in [5, 5.41) is 0. The molecule has 0 N–H and O–H groups in total. The molecule has 0 aliphatic carbocycles. The third kappa shape index (κ3) is 3.08. The summed E-state index contributed by atoms with van der Waals surface area (Å²) >= 11 is 0.297. The molecule has 0 saturated heterocycles. The molecule has 2 rings (SSSR count). The molecule has 24 heavy (non-hydrogen) atoms. The molecule has 0 aliphatic heterocycles. The molecule has 0 radical (unpaired) electrons. The van der Waals surface area contributed by atoms with Crippen LogP contribution in [0.15, 0.2) is 21.9 Å². The van der Waals surface area contributed by atoms with Crippen LogP contribution in [0, 0.1) is 29.1 Å². The van der Waals surface area contributed by atoms with E-state index in [0.717, 1.165) is 0 Å². The van der Waals surface area contributed by atoms with E-state index in [0.29, 0.717) is 17.5 Å². The molecule has 0 heterocycles. The SMILES string of the molecule is COc1cc(OC)c(Sc2c(F)c(F)c(F)c(F)c2F)c(OC)c1. The predicted molar refractivity (Wildman–Crippen MR) is 76.5 cm³/mol. The number of hydrogen-bond acceptors (Lipinski definition) is 4. The summed E-state index contributed by atoms with van der Waals surface area (Å²) in [6.07, 6.45) is 0. The summed E-state index contributed by atoms with van der Waals surface area (Å²) in [5.41, 5.74) is 0. The van der Waals surface area contributed by atoms with Gasteiger partial charge in [0, 0.05) is 12.1 Å². The van der Waals surface area contributed by atoms with Crippen molar-refractivity contribution in [2.75, 3.05) is 21.3 Å². The summed E-state index contributed by atoms with van der Waals surface area (Å²) in [6.45, 7) is 0. The topological polar surface area (TPSA) is 27.7 Å². The van der Waals surface area contributed by atoms with Crippen LogP contribution in [0.25, 0.3) is 0 Å². The lowest BCUT2D eigenvalue weighted by Gasteiger charge is -2.15. The van der Waals surface area contributed by atoms with Crippen LogP contribution >= 0.6 is 11.8 Å². The van der Waals surface area contributed by atoms with Gasteiger partial charge in [0.05, 0.1) is 31.1 Å². The maximum atomic E-state index is 13.9. The zero-order valence-corrected chi connectivity index (χ0v) is 13.5. The number of ether oxygens (including phenoxy) is 3. The van der Waals surface area contributed by atoms with Gasteiger partial charge in [-0.1, -0.05) is 11.8 Å². The first-order valence-electron chi connectivity index (χ1n) is 6.34. The van der Waals surface area contributed by atoms with Crippen LogP contribution in [0.3, 0.4) is 0 Å². The predicted octanol–water partition coefficient (Wildman–Crippen LogP) is 4.56. The molecular weight excluding hydrogens is 355 g/mol. The average Bonchev–Trinajstić information content (AvgIpc) is 2.61. The molecule has 3 nitrogen and oxygen atoms in total. The Bertz CT molecular complexity index is 728. The molecule has 0 bridgehead atoms. The number of hydrogen-bond donors (Lipinski definition) is 0. The second-order valence-electron chi connectivity index (χ2n) is 4.36. The molecule has 2 aromatic rings. The average molecular weight is 366 g/mol. The third-order valence-corrected chi connectivity index (χ3v) is 4.21. The van der Waals surface area contributed by atoms with E-state index < -0.39 is 34.0 Å². The first kappa shape index (κ1) is 18.2. The van der Waals surface area contributed by atoms with Crippen LogP contribution in [0.5, 0.6) is 17.2 Å². The van der Waals surface area contributed by atoms with Gasteiger partial charge in [-0.2, -0.15) is 0 Å². The Labute approximate surface area is 138 Å². The Morgan fingerprint density at radius 3 is 1.42 bits per heavy atom. The summed E-state index contributed by atoms with van der Waals surface area (Å²) in [5.74, 6) is -9.65. The minimum absolute atomic E-state index is 0.0315. The van der Waals surface area contributed by atoms with Crippen molar-refractivity contribution >= 4 is 11.8 Å². The first-order valence-corrected chi connectivity index (χ1v) is 7.16. The number of rotatable bonds is 5. The van der Waals surface area contributed by atoms with E-state index in [-0.39, 0.29) is 16.4 Å². The van der Waals surface area contributed by atoms with Crippen molar-refractivity contribution in [1.82, 2.24) is 0 Å². The largest absolute Gasteiger partial charge is 0.496 e. The molecular formula is C15H11F5O3S. The Morgan fingerprint density at radius 1 is 0.625 bits per heavy atom. The van der Waals surface area contributed by atoms with E-state index in [1.807, 2.05) is 0 Å². The van der Waals surface area contributed by atoms with Gasteiger partial charge in [0.2, 0.25) is 5.82 Å². The lowest BCUT2D eigenvalue weighted by atomic mass is 10.3. The smallest absolute Gasteiger partial charge is 0.200 e. The second kappa shape index (κ2) is 7.16. The van der Waals surface area contributed by atoms with E-state index in [9.17, 15) is 22.0 Å². The van der Waals surface area contributed by atoms with Gasteiger partial charge in [0.15, 0.2) is 23.3 Å². The van der Waals surface area contributed by atoms with E-state index in [4.69, 9.17) is 14.2 Å². The van der Waals surface area contributed by atoms with Crippen molar-refractivity contribution in [3.05, 3.63) is 41.2 Å². The Kier molecular flexibility index (Phi) is 5.43. The summed E-state index contributed by atoms with van der Waals surface area (Å²) in [4.78, 5) is -1.03. The number of benzene rings is 2. The molecule has 0 saturated carbocycles. The summed E-state index contributed by atoms with van der Waals surface area (Å²) in [6, 6.07) is 2.77. The lowest BCUT2D eigenvalue weighted by Crippen LogP contribution is -2.03. The van der Waals surface area contributed by atoms with Gasteiger partial charge in [-0.15, -0.1) is 0 Å². The Morgan fingerprint density at radius 2 is 1.04 bits per heavy atom. The molecule has 0 atom stereocenters. The van der Waals surface area contributed by atoms with Crippen LogP contribution in [-0.2, 0) is 0 Å². The second-order valence-corrected chi connectivity index (χ2v) is 5.38. The van der Waals surface area contributed by atoms with Crippen LogP contribution in [-0.4, -0.2) is 21.3 Å². The monoisotopic (exact) mass is 366 g/mol. The maximum absolute atomic E-state index is 13.9. The number of methoxy groups -OCH3 is 3. The first-order chi connectivity index (χ1) is 11.3. The van der Waals surface area contributed by atoms with Crippen LogP contribution < -0.4 is 14.2 Å². The van der Waals surface area contributed by atoms with Gasteiger partial charge in [-0.05, 0) is 0 Å². The highest BCUT2D eigenvalue weighted by atomic mass is 32.2. The van der Waals surface area contributed by atoms with Crippen LogP contribution in [0.2, 0.25) is 0 Å². The minimum Gasteiger partial charge on any atom is -0.496 e. The van der Waals surface area contributed by atoms with Gasteiger partial charge in [-0.25, -0.2) is 22.0 Å². The normalized spacial score (nSPS) is 10.7. The highest BCUT2D eigenvalue weighted by Crippen LogP contribution is 2.46. The highest BCUT2D eigenvalue weighted by Gasteiger charge is 2.28. The van der Waals surface area contributed by atoms with E-state index in [1.165, 1.54) is 33.5 Å². The molecule has 0 unspecified atom stereocenters. The Hall–Kier alpha value is -2.16. The van der Waals surface area contributed by atoms with Crippen LogP contribution in [0.1, 0.15) is 0 Å². The molecule has 0 fully saturated rings. The molecule has 0 aliphatic rings. The van der Waals surface area contributed by atoms with Crippen molar-refractivity contribution in [3.63, 3.8) is 0 Å². The van der Waals surface area contributed by atoms with Crippen molar-refractivity contribution in [2.24, 2.45) is 0 Å². The molecule has 0 aromatic heterocycles.